The van der Waals surface area contributed by atoms with E-state index in [0.29, 0.717) is 12.2 Å². The summed E-state index contributed by atoms with van der Waals surface area (Å²) in [7, 11) is 0. The highest BCUT2D eigenvalue weighted by Crippen LogP contribution is 2.23. The molecule has 2 heterocycles. The Labute approximate surface area is 114 Å². The van der Waals surface area contributed by atoms with Crippen molar-refractivity contribution in [3.63, 3.8) is 0 Å². The summed E-state index contributed by atoms with van der Waals surface area (Å²) in [5, 5.41) is 4.47. The number of carbonyl (C=O) groups is 1. The number of hydrogen-bond donors (Lipinski definition) is 1. The number of ketones is 1. The minimum absolute atomic E-state index is 0.0297. The van der Waals surface area contributed by atoms with Crippen LogP contribution in [0.25, 0.3) is 0 Å². The maximum Gasteiger partial charge on any atom is 0.203 e. The second-order valence-electron chi connectivity index (χ2n) is 3.91. The number of H-pyrrole nitrogens is 1. The molecule has 0 saturated carbocycles. The zero-order chi connectivity index (χ0) is 13.1. The largest absolute Gasteiger partial charge is 0.342 e. The number of Topliss-reactive ketones (excluding diaryl/α,β-unsaturated/α-hetero) is 1. The molecule has 0 aliphatic heterocycles. The third-order valence-corrected chi connectivity index (χ3v) is 3.70. The Morgan fingerprint density at radius 2 is 2.28 bits per heavy atom. The number of nitrogens with zero attached hydrogens (tertiary/aromatic N) is 3. The van der Waals surface area contributed by atoms with E-state index in [1.165, 1.54) is 0 Å². The molecule has 0 amide bonds. The van der Waals surface area contributed by atoms with Gasteiger partial charge in [0.25, 0.3) is 0 Å². The molecule has 0 radical (unpaired) electrons. The lowest BCUT2D eigenvalue weighted by atomic mass is 10.2. The van der Waals surface area contributed by atoms with Crippen LogP contribution in [0.1, 0.15) is 35.9 Å². The van der Waals surface area contributed by atoms with Gasteiger partial charge in [-0.3, -0.25) is 9.48 Å². The molecule has 0 unspecified atom stereocenters. The third-order valence-electron chi connectivity index (χ3n) is 2.78. The number of aryl methyl sites for hydroxylation is 2. The van der Waals surface area contributed by atoms with Gasteiger partial charge < -0.3 is 4.98 Å². The van der Waals surface area contributed by atoms with Crippen molar-refractivity contribution >= 4 is 21.7 Å². The maximum atomic E-state index is 12.0. The van der Waals surface area contributed by atoms with Crippen LogP contribution in [0, 0.1) is 0 Å². The number of hydrogen-bond acceptors (Lipinski definition) is 3. The predicted molar refractivity (Wildman–Crippen MR) is 71.6 cm³/mol. The zero-order valence-electron chi connectivity index (χ0n) is 10.4. The summed E-state index contributed by atoms with van der Waals surface area (Å²) in [4.78, 5) is 18.8. The SMILES string of the molecule is CCc1nn(CC)c(CC(=O)c2ncc[nH]2)c1Br. The van der Waals surface area contributed by atoms with Crippen molar-refractivity contribution in [3.05, 3.63) is 34.1 Å². The average molecular weight is 311 g/mol. The van der Waals surface area contributed by atoms with Gasteiger partial charge in [0.05, 0.1) is 22.3 Å². The second-order valence-corrected chi connectivity index (χ2v) is 4.71. The van der Waals surface area contributed by atoms with Crippen molar-refractivity contribution in [1.29, 1.82) is 0 Å². The summed E-state index contributed by atoms with van der Waals surface area (Å²) in [5.41, 5.74) is 1.90. The van der Waals surface area contributed by atoms with E-state index in [9.17, 15) is 4.79 Å². The molecule has 96 valence electrons. The van der Waals surface area contributed by atoms with Crippen LogP contribution in [0.2, 0.25) is 0 Å². The van der Waals surface area contributed by atoms with E-state index in [1.54, 1.807) is 12.4 Å². The van der Waals surface area contributed by atoms with Crippen molar-refractivity contribution in [2.75, 3.05) is 0 Å². The molecule has 0 fully saturated rings. The topological polar surface area (TPSA) is 63.6 Å². The Kier molecular flexibility index (Phi) is 3.96. The average Bonchev–Trinajstić information content (AvgIpc) is 2.99. The summed E-state index contributed by atoms with van der Waals surface area (Å²) in [6, 6.07) is 0. The quantitative estimate of drug-likeness (QED) is 0.862. The third kappa shape index (κ3) is 2.38. The molecule has 2 aromatic heterocycles. The summed E-state index contributed by atoms with van der Waals surface area (Å²) in [6.07, 6.45) is 4.37. The van der Waals surface area contributed by atoms with Crippen molar-refractivity contribution in [3.8, 4) is 0 Å². The fourth-order valence-corrected chi connectivity index (χ4v) is 2.54. The van der Waals surface area contributed by atoms with E-state index in [-0.39, 0.29) is 5.78 Å². The number of nitrogens with one attached hydrogen (secondary N) is 1. The molecule has 0 spiro atoms. The zero-order valence-corrected chi connectivity index (χ0v) is 12.0. The minimum Gasteiger partial charge on any atom is -0.342 e. The molecular formula is C12H15BrN4O. The lowest BCUT2D eigenvalue weighted by Gasteiger charge is -2.03. The number of halogens is 1. The first-order valence-electron chi connectivity index (χ1n) is 5.94. The Hall–Kier alpha value is -1.43. The fraction of sp³-hybridized carbons (Fsp3) is 0.417. The lowest BCUT2D eigenvalue weighted by molar-refractivity contribution is 0.0981. The number of carbonyl (C=O) groups excluding carboxylic acids is 1. The molecule has 0 aliphatic rings. The Bertz CT molecular complexity index is 545. The van der Waals surface area contributed by atoms with Crippen LogP contribution in [-0.2, 0) is 19.4 Å². The molecule has 0 saturated heterocycles. The van der Waals surface area contributed by atoms with Crippen molar-refractivity contribution in [1.82, 2.24) is 19.7 Å². The second kappa shape index (κ2) is 5.48. The Morgan fingerprint density at radius 1 is 1.50 bits per heavy atom. The Morgan fingerprint density at radius 3 is 2.83 bits per heavy atom. The van der Waals surface area contributed by atoms with Gasteiger partial charge in [0.15, 0.2) is 5.82 Å². The smallest absolute Gasteiger partial charge is 0.203 e. The van der Waals surface area contributed by atoms with Crippen LogP contribution in [0.3, 0.4) is 0 Å². The molecule has 1 N–H and O–H groups in total. The molecule has 0 bridgehead atoms. The summed E-state index contributed by atoms with van der Waals surface area (Å²) < 4.78 is 2.80. The van der Waals surface area contributed by atoms with E-state index in [0.717, 1.165) is 28.8 Å². The minimum atomic E-state index is -0.0297. The van der Waals surface area contributed by atoms with Gasteiger partial charge in [0.2, 0.25) is 5.78 Å². The van der Waals surface area contributed by atoms with Crippen LogP contribution < -0.4 is 0 Å². The summed E-state index contributed by atoms with van der Waals surface area (Å²) in [6.45, 7) is 4.81. The van der Waals surface area contributed by atoms with E-state index in [1.807, 2.05) is 18.5 Å². The van der Waals surface area contributed by atoms with Crippen molar-refractivity contribution in [2.24, 2.45) is 0 Å². The number of rotatable bonds is 5. The summed E-state index contributed by atoms with van der Waals surface area (Å²) >= 11 is 3.53. The number of aromatic nitrogens is 4. The van der Waals surface area contributed by atoms with Gasteiger partial charge in [0.1, 0.15) is 0 Å². The van der Waals surface area contributed by atoms with E-state index in [2.05, 4.69) is 31.0 Å². The molecule has 18 heavy (non-hydrogen) atoms. The van der Waals surface area contributed by atoms with Gasteiger partial charge in [0, 0.05) is 18.9 Å². The number of aromatic amines is 1. The highest BCUT2D eigenvalue weighted by Gasteiger charge is 2.18. The van der Waals surface area contributed by atoms with Crippen LogP contribution in [-0.4, -0.2) is 25.5 Å². The number of imidazole rings is 1. The van der Waals surface area contributed by atoms with Crippen LogP contribution >= 0.6 is 15.9 Å². The molecule has 6 heteroatoms. The lowest BCUT2D eigenvalue weighted by Crippen LogP contribution is -2.11. The normalized spacial score (nSPS) is 10.8. The van der Waals surface area contributed by atoms with Gasteiger partial charge in [-0.2, -0.15) is 5.10 Å². The fourth-order valence-electron chi connectivity index (χ4n) is 1.84. The van der Waals surface area contributed by atoms with Gasteiger partial charge >= 0.3 is 0 Å². The summed E-state index contributed by atoms with van der Waals surface area (Å²) in [5.74, 6) is 0.363. The standard InChI is InChI=1S/C12H15BrN4O/c1-3-8-11(13)9(17(4-2)16-8)7-10(18)12-14-5-6-15-12/h5-6H,3-4,7H2,1-2H3,(H,14,15). The van der Waals surface area contributed by atoms with Crippen LogP contribution in [0.4, 0.5) is 0 Å². The first-order valence-corrected chi connectivity index (χ1v) is 6.73. The van der Waals surface area contributed by atoms with E-state index >= 15 is 0 Å². The molecular weight excluding hydrogens is 296 g/mol. The molecule has 5 nitrogen and oxygen atoms in total. The highest BCUT2D eigenvalue weighted by molar-refractivity contribution is 9.10. The van der Waals surface area contributed by atoms with Crippen LogP contribution in [0.15, 0.2) is 16.9 Å². The van der Waals surface area contributed by atoms with Crippen molar-refractivity contribution < 1.29 is 4.79 Å². The Balaban J connectivity index is 2.28. The van der Waals surface area contributed by atoms with Gasteiger partial charge in [-0.1, -0.05) is 6.92 Å². The van der Waals surface area contributed by atoms with Crippen LogP contribution in [0.5, 0.6) is 0 Å². The molecule has 0 aliphatic carbocycles. The molecule has 2 aromatic rings. The first-order chi connectivity index (χ1) is 8.67. The van der Waals surface area contributed by atoms with Gasteiger partial charge in [-0.05, 0) is 29.3 Å². The maximum absolute atomic E-state index is 12.0. The van der Waals surface area contributed by atoms with E-state index < -0.39 is 0 Å². The van der Waals surface area contributed by atoms with Gasteiger partial charge in [-0.15, -0.1) is 0 Å². The molecule has 2 rings (SSSR count). The van der Waals surface area contributed by atoms with E-state index in [4.69, 9.17) is 0 Å². The van der Waals surface area contributed by atoms with Gasteiger partial charge in [-0.25, -0.2) is 4.98 Å². The monoisotopic (exact) mass is 310 g/mol. The highest BCUT2D eigenvalue weighted by atomic mass is 79.9. The molecule has 0 atom stereocenters. The van der Waals surface area contributed by atoms with Crippen molar-refractivity contribution in [2.45, 2.75) is 33.2 Å². The first kappa shape index (κ1) is 13.0. The predicted octanol–water partition coefficient (Wildman–Crippen LogP) is 2.38. The molecule has 0 aromatic carbocycles.